The second-order valence-corrected chi connectivity index (χ2v) is 14.8. The van der Waals surface area contributed by atoms with Crippen LogP contribution in [-0.2, 0) is 25.6 Å². The summed E-state index contributed by atoms with van der Waals surface area (Å²) in [7, 11) is -3.47. The van der Waals surface area contributed by atoms with Crippen molar-refractivity contribution in [3.05, 3.63) is 58.8 Å². The fourth-order valence-electron chi connectivity index (χ4n) is 2.52. The van der Waals surface area contributed by atoms with Gasteiger partial charge in [0, 0.05) is 6.54 Å². The predicted molar refractivity (Wildman–Crippen MR) is 115 cm³/mol. The molecular formula is C20H20AsF5N3O3S. The van der Waals surface area contributed by atoms with Gasteiger partial charge in [0.05, 0.1) is 0 Å². The van der Waals surface area contributed by atoms with Crippen LogP contribution in [0.15, 0.2) is 30.3 Å². The Bertz CT molecular complexity index is 1150. The third-order valence-electron chi connectivity index (χ3n) is 4.01. The molecule has 2 rings (SSSR count). The number of carbonyl (C=O) groups is 1. The normalized spacial score (nSPS) is 12.6. The summed E-state index contributed by atoms with van der Waals surface area (Å²) in [6, 6.07) is 3.57. The first-order valence-corrected chi connectivity index (χ1v) is 14.6. The van der Waals surface area contributed by atoms with Gasteiger partial charge >= 0.3 is 155 Å². The molecule has 0 aliphatic rings. The summed E-state index contributed by atoms with van der Waals surface area (Å²) in [6.07, 6.45) is -0.788. The molecule has 0 bridgehead atoms. The SMILES string of the molecule is CCCNc1nc(C(F)(F)F)ccc1C=CC(=O)NCc1cc(F)c([As]S(C)(=O)=O)cc1F. The van der Waals surface area contributed by atoms with Crippen molar-refractivity contribution in [2.45, 2.75) is 26.1 Å². The molecule has 179 valence electrons. The number of alkyl halides is 3. The van der Waals surface area contributed by atoms with Gasteiger partial charge in [0.15, 0.2) is 0 Å². The van der Waals surface area contributed by atoms with Crippen molar-refractivity contribution in [1.82, 2.24) is 10.3 Å². The Kier molecular flexibility index (Phi) is 9.02. The van der Waals surface area contributed by atoms with E-state index in [9.17, 15) is 35.2 Å². The molecule has 1 heterocycles. The van der Waals surface area contributed by atoms with E-state index in [0.29, 0.717) is 13.0 Å². The quantitative estimate of drug-likeness (QED) is 0.284. The number of nitrogens with one attached hydrogen (secondary N) is 2. The van der Waals surface area contributed by atoms with E-state index >= 15 is 0 Å². The number of rotatable bonds is 9. The summed E-state index contributed by atoms with van der Waals surface area (Å²) in [5.41, 5.74) is -1.03. The number of benzene rings is 1. The van der Waals surface area contributed by atoms with Crippen LogP contribution in [0.2, 0.25) is 0 Å². The topological polar surface area (TPSA) is 88.2 Å². The van der Waals surface area contributed by atoms with Crippen LogP contribution in [-0.4, -0.2) is 46.7 Å². The zero-order valence-corrected chi connectivity index (χ0v) is 20.2. The number of hydrogen-bond acceptors (Lipinski definition) is 5. The molecule has 2 N–H and O–H groups in total. The second kappa shape index (κ2) is 11.1. The van der Waals surface area contributed by atoms with Gasteiger partial charge in [-0.3, -0.25) is 0 Å². The standard InChI is InChI=1S/C20H20AsF5N3O3S/c1-3-8-27-19-12(4-6-17(29-19)20(24,25)26)5-7-18(30)28-11-13-9-16(23)14(10-15(13)22)21-33(2,31)32/h4-7,9-10H,3,8,11H2,1-2H3,(H,27,29)(H,28,30). The third kappa shape index (κ3) is 8.43. The van der Waals surface area contributed by atoms with Gasteiger partial charge in [-0.25, -0.2) is 0 Å². The van der Waals surface area contributed by atoms with E-state index in [1.807, 2.05) is 6.92 Å². The molecule has 0 spiro atoms. The molecule has 0 saturated heterocycles. The van der Waals surface area contributed by atoms with Crippen LogP contribution in [0.5, 0.6) is 0 Å². The van der Waals surface area contributed by atoms with Crippen LogP contribution >= 0.6 is 0 Å². The van der Waals surface area contributed by atoms with E-state index in [-0.39, 0.29) is 27.8 Å². The Morgan fingerprint density at radius 3 is 2.48 bits per heavy atom. The molecule has 1 amide bonds. The average Bonchev–Trinajstić information content (AvgIpc) is 2.70. The third-order valence-corrected chi connectivity index (χ3v) is 8.58. The summed E-state index contributed by atoms with van der Waals surface area (Å²) in [4.78, 5) is 15.6. The zero-order chi connectivity index (χ0) is 24.8. The maximum atomic E-state index is 14.2. The van der Waals surface area contributed by atoms with E-state index < -0.39 is 52.1 Å². The number of carbonyl (C=O) groups excluding carboxylic acids is 1. The zero-order valence-electron chi connectivity index (χ0n) is 17.5. The molecule has 6 nitrogen and oxygen atoms in total. The van der Waals surface area contributed by atoms with Gasteiger partial charge in [0.25, 0.3) is 0 Å². The fraction of sp³-hybridized carbons (Fsp3) is 0.300. The molecule has 0 saturated carbocycles. The van der Waals surface area contributed by atoms with Crippen molar-refractivity contribution in [1.29, 1.82) is 0 Å². The molecule has 0 atom stereocenters. The maximum absolute atomic E-state index is 14.2. The molecule has 0 unspecified atom stereocenters. The molecule has 0 fully saturated rings. The van der Waals surface area contributed by atoms with Crippen LogP contribution in [0.4, 0.5) is 27.8 Å². The van der Waals surface area contributed by atoms with Crippen molar-refractivity contribution in [3.63, 3.8) is 0 Å². The van der Waals surface area contributed by atoms with Crippen molar-refractivity contribution < 1.29 is 35.2 Å². The van der Waals surface area contributed by atoms with Gasteiger partial charge in [-0.05, 0) is 6.42 Å². The van der Waals surface area contributed by atoms with Crippen molar-refractivity contribution >= 4 is 44.8 Å². The molecule has 1 aromatic heterocycles. The Balaban J connectivity index is 2.12. The number of hydrogen-bond donors (Lipinski definition) is 2. The Labute approximate surface area is 193 Å². The van der Waals surface area contributed by atoms with Crippen LogP contribution in [0.1, 0.15) is 30.2 Å². The first-order valence-electron chi connectivity index (χ1n) is 9.49. The fourth-order valence-corrected chi connectivity index (χ4v) is 6.52. The van der Waals surface area contributed by atoms with Crippen molar-refractivity contribution in [2.75, 3.05) is 18.1 Å². The Morgan fingerprint density at radius 2 is 1.88 bits per heavy atom. The van der Waals surface area contributed by atoms with Crippen LogP contribution in [0.25, 0.3) is 6.08 Å². The summed E-state index contributed by atoms with van der Waals surface area (Å²) >= 11 is -1.60. The van der Waals surface area contributed by atoms with Gasteiger partial charge in [-0.2, -0.15) is 13.2 Å². The second-order valence-electron chi connectivity index (χ2n) is 6.83. The Hall–Kier alpha value is -2.46. The summed E-state index contributed by atoms with van der Waals surface area (Å²) in [6.45, 7) is 1.80. The number of amides is 1. The number of halogens is 5. The van der Waals surface area contributed by atoms with E-state index in [2.05, 4.69) is 15.6 Å². The van der Waals surface area contributed by atoms with Gasteiger partial charge in [0.2, 0.25) is 0 Å². The first-order chi connectivity index (χ1) is 15.3. The monoisotopic (exact) mass is 552 g/mol. The number of nitrogens with zero attached hydrogens (tertiary/aromatic N) is 1. The molecular weight excluding hydrogens is 532 g/mol. The summed E-state index contributed by atoms with van der Waals surface area (Å²) in [5.74, 6) is -2.51. The number of aromatic nitrogens is 1. The van der Waals surface area contributed by atoms with Crippen molar-refractivity contribution in [2.24, 2.45) is 0 Å². The van der Waals surface area contributed by atoms with E-state index in [1.165, 1.54) is 6.08 Å². The molecule has 0 aliphatic heterocycles. The minimum absolute atomic E-state index is 0.0480. The van der Waals surface area contributed by atoms with E-state index in [4.69, 9.17) is 0 Å². The van der Waals surface area contributed by atoms with Gasteiger partial charge < -0.3 is 0 Å². The average molecular weight is 552 g/mol. The van der Waals surface area contributed by atoms with E-state index in [1.54, 1.807) is 0 Å². The molecule has 1 aromatic carbocycles. The molecule has 1 radical (unpaired) electrons. The summed E-state index contributed by atoms with van der Waals surface area (Å²) < 4.78 is 89.4. The van der Waals surface area contributed by atoms with Crippen LogP contribution in [0, 0.1) is 11.6 Å². The van der Waals surface area contributed by atoms with Gasteiger partial charge in [-0.1, -0.05) is 6.92 Å². The molecule has 13 heteroatoms. The minimum atomic E-state index is -4.62. The van der Waals surface area contributed by atoms with Crippen LogP contribution < -0.4 is 15.0 Å². The van der Waals surface area contributed by atoms with Gasteiger partial charge in [-0.15, -0.1) is 0 Å². The Morgan fingerprint density at radius 1 is 1.18 bits per heavy atom. The summed E-state index contributed by atoms with van der Waals surface area (Å²) in [5, 5.41) is 5.11. The number of pyridine rings is 1. The van der Waals surface area contributed by atoms with Gasteiger partial charge in [0.1, 0.15) is 5.69 Å². The van der Waals surface area contributed by atoms with Crippen LogP contribution in [0.3, 0.4) is 0 Å². The predicted octanol–water partition coefficient (Wildman–Crippen LogP) is 2.82. The van der Waals surface area contributed by atoms with Crippen molar-refractivity contribution in [3.8, 4) is 0 Å². The first kappa shape index (κ1) is 26.8. The molecule has 0 aliphatic carbocycles. The van der Waals surface area contributed by atoms with E-state index in [0.717, 1.165) is 36.6 Å². The molecule has 2 aromatic rings. The molecule has 33 heavy (non-hydrogen) atoms. The number of anilines is 1.